The Balaban J connectivity index is 2.23. The number of benzene rings is 1. The molecule has 0 bridgehead atoms. The van der Waals surface area contributed by atoms with Gasteiger partial charge in [0.05, 0.1) is 24.5 Å². The molecule has 1 unspecified atom stereocenters. The maximum atomic E-state index is 5.97. The van der Waals surface area contributed by atoms with Gasteiger partial charge >= 0.3 is 0 Å². The molecule has 0 spiro atoms. The zero-order chi connectivity index (χ0) is 14.0. The van der Waals surface area contributed by atoms with E-state index < -0.39 is 0 Å². The number of rotatable bonds is 4. The van der Waals surface area contributed by atoms with Gasteiger partial charge in [-0.1, -0.05) is 0 Å². The molecule has 0 aliphatic heterocycles. The summed E-state index contributed by atoms with van der Waals surface area (Å²) in [4.78, 5) is 0. The summed E-state index contributed by atoms with van der Waals surface area (Å²) in [6.07, 6.45) is 0. The number of methoxy groups -OCH3 is 1. The summed E-state index contributed by atoms with van der Waals surface area (Å²) in [6, 6.07) is 7.74. The summed E-state index contributed by atoms with van der Waals surface area (Å²) in [6.45, 7) is 5.99. The lowest BCUT2D eigenvalue weighted by molar-refractivity contribution is 0.415. The third kappa shape index (κ3) is 2.84. The smallest absolute Gasteiger partial charge is 0.121 e. The Kier molecular flexibility index (Phi) is 3.69. The van der Waals surface area contributed by atoms with Crippen molar-refractivity contribution in [2.24, 2.45) is 0 Å². The van der Waals surface area contributed by atoms with Crippen LogP contribution >= 0.6 is 0 Å². The van der Waals surface area contributed by atoms with E-state index in [1.807, 2.05) is 38.1 Å². The van der Waals surface area contributed by atoms with E-state index in [0.29, 0.717) is 5.69 Å². The van der Waals surface area contributed by atoms with E-state index in [2.05, 4.69) is 12.2 Å². The number of nitrogens with two attached hydrogens (primary N) is 1. The Labute approximate surface area is 113 Å². The Morgan fingerprint density at radius 2 is 2.00 bits per heavy atom. The third-order valence-corrected chi connectivity index (χ3v) is 3.18. The lowest BCUT2D eigenvalue weighted by Crippen LogP contribution is -2.08. The lowest BCUT2D eigenvalue weighted by atomic mass is 10.1. The summed E-state index contributed by atoms with van der Waals surface area (Å²) in [7, 11) is 1.64. The van der Waals surface area contributed by atoms with E-state index >= 15 is 0 Å². The first kappa shape index (κ1) is 13.3. The molecular weight excluding hydrogens is 240 g/mol. The number of nitrogens with one attached hydrogen (secondary N) is 1. The van der Waals surface area contributed by atoms with Crippen LogP contribution in [0.25, 0.3) is 0 Å². The minimum atomic E-state index is 0.117. The van der Waals surface area contributed by atoms with E-state index in [1.54, 1.807) is 7.11 Å². The van der Waals surface area contributed by atoms with E-state index in [4.69, 9.17) is 14.9 Å². The van der Waals surface area contributed by atoms with Gasteiger partial charge in [0.15, 0.2) is 0 Å². The molecule has 0 amide bonds. The Morgan fingerprint density at radius 3 is 2.58 bits per heavy atom. The third-order valence-electron chi connectivity index (χ3n) is 3.18. The summed E-state index contributed by atoms with van der Waals surface area (Å²) in [5.41, 5.74) is 8.68. The average Bonchev–Trinajstić information content (AvgIpc) is 2.71. The molecule has 0 aliphatic rings. The Hall–Kier alpha value is -2.10. The standard InChI is InChI=1S/C15H20N2O2/c1-9-7-13(11(3)19-9)10(2)17-15-8-12(18-4)5-6-14(15)16/h5-8,10,17H,16H2,1-4H3. The van der Waals surface area contributed by atoms with E-state index in [1.165, 1.54) is 0 Å². The van der Waals surface area contributed by atoms with Crippen molar-refractivity contribution in [1.82, 2.24) is 0 Å². The quantitative estimate of drug-likeness (QED) is 0.824. The van der Waals surface area contributed by atoms with Gasteiger partial charge in [0.2, 0.25) is 0 Å². The molecule has 0 radical (unpaired) electrons. The number of nitrogen functional groups attached to an aromatic ring is 1. The zero-order valence-electron chi connectivity index (χ0n) is 11.8. The normalized spacial score (nSPS) is 12.2. The van der Waals surface area contributed by atoms with Gasteiger partial charge in [0, 0.05) is 11.6 Å². The van der Waals surface area contributed by atoms with Crippen LogP contribution < -0.4 is 15.8 Å². The Morgan fingerprint density at radius 1 is 1.26 bits per heavy atom. The van der Waals surface area contributed by atoms with Gasteiger partial charge < -0.3 is 20.2 Å². The highest BCUT2D eigenvalue weighted by Gasteiger charge is 2.13. The number of hydrogen-bond acceptors (Lipinski definition) is 4. The second-order valence-electron chi connectivity index (χ2n) is 4.69. The van der Waals surface area contributed by atoms with Crippen LogP contribution in [0.1, 0.15) is 30.0 Å². The lowest BCUT2D eigenvalue weighted by Gasteiger charge is -2.17. The maximum absolute atomic E-state index is 5.97. The van der Waals surface area contributed by atoms with Crippen molar-refractivity contribution in [3.05, 3.63) is 41.3 Å². The van der Waals surface area contributed by atoms with Gasteiger partial charge in [-0.3, -0.25) is 0 Å². The summed E-state index contributed by atoms with van der Waals surface area (Å²) in [5.74, 6) is 2.63. The predicted molar refractivity (Wildman–Crippen MR) is 77.6 cm³/mol. The molecule has 19 heavy (non-hydrogen) atoms. The van der Waals surface area contributed by atoms with Crippen LogP contribution in [0.3, 0.4) is 0 Å². The van der Waals surface area contributed by atoms with Gasteiger partial charge in [0.1, 0.15) is 17.3 Å². The monoisotopic (exact) mass is 260 g/mol. The zero-order valence-corrected chi connectivity index (χ0v) is 11.8. The molecule has 4 heteroatoms. The molecule has 3 N–H and O–H groups in total. The molecule has 0 saturated heterocycles. The first-order chi connectivity index (χ1) is 9.01. The van der Waals surface area contributed by atoms with Crippen molar-refractivity contribution >= 4 is 11.4 Å². The van der Waals surface area contributed by atoms with Crippen LogP contribution in [0.4, 0.5) is 11.4 Å². The molecule has 1 aromatic heterocycles. The highest BCUT2D eigenvalue weighted by molar-refractivity contribution is 5.68. The van der Waals surface area contributed by atoms with Crippen LogP contribution in [-0.2, 0) is 0 Å². The van der Waals surface area contributed by atoms with Gasteiger partial charge in [-0.25, -0.2) is 0 Å². The molecule has 2 rings (SSSR count). The van der Waals surface area contributed by atoms with Crippen molar-refractivity contribution in [3.8, 4) is 5.75 Å². The number of aryl methyl sites for hydroxylation is 2. The molecule has 1 heterocycles. The van der Waals surface area contributed by atoms with Crippen molar-refractivity contribution in [2.45, 2.75) is 26.8 Å². The van der Waals surface area contributed by atoms with Gasteiger partial charge in [-0.2, -0.15) is 0 Å². The van der Waals surface area contributed by atoms with E-state index in [-0.39, 0.29) is 6.04 Å². The summed E-state index contributed by atoms with van der Waals surface area (Å²) < 4.78 is 10.8. The van der Waals surface area contributed by atoms with Crippen LogP contribution in [-0.4, -0.2) is 7.11 Å². The number of ether oxygens (including phenoxy) is 1. The minimum Gasteiger partial charge on any atom is -0.497 e. The topological polar surface area (TPSA) is 60.4 Å². The van der Waals surface area contributed by atoms with Crippen LogP contribution in [0.2, 0.25) is 0 Å². The molecular formula is C15H20N2O2. The largest absolute Gasteiger partial charge is 0.497 e. The second kappa shape index (κ2) is 5.26. The second-order valence-corrected chi connectivity index (χ2v) is 4.69. The molecule has 102 valence electrons. The van der Waals surface area contributed by atoms with Crippen LogP contribution in [0.5, 0.6) is 5.75 Å². The van der Waals surface area contributed by atoms with Crippen molar-refractivity contribution in [1.29, 1.82) is 0 Å². The molecule has 0 fully saturated rings. The van der Waals surface area contributed by atoms with Crippen LogP contribution in [0.15, 0.2) is 28.7 Å². The molecule has 1 aromatic carbocycles. The minimum absolute atomic E-state index is 0.117. The number of hydrogen-bond donors (Lipinski definition) is 2. The first-order valence-electron chi connectivity index (χ1n) is 6.28. The molecule has 0 saturated carbocycles. The fourth-order valence-electron chi connectivity index (χ4n) is 2.18. The molecule has 4 nitrogen and oxygen atoms in total. The summed E-state index contributed by atoms with van der Waals surface area (Å²) in [5, 5.41) is 3.39. The van der Waals surface area contributed by atoms with Crippen LogP contribution in [0, 0.1) is 13.8 Å². The van der Waals surface area contributed by atoms with Gasteiger partial charge in [-0.05, 0) is 39.0 Å². The van der Waals surface area contributed by atoms with Crippen molar-refractivity contribution < 1.29 is 9.15 Å². The first-order valence-corrected chi connectivity index (χ1v) is 6.28. The highest BCUT2D eigenvalue weighted by Crippen LogP contribution is 2.30. The molecule has 1 atom stereocenters. The summed E-state index contributed by atoms with van der Waals surface area (Å²) >= 11 is 0. The van der Waals surface area contributed by atoms with Crippen molar-refractivity contribution in [2.75, 3.05) is 18.2 Å². The SMILES string of the molecule is COc1ccc(N)c(NC(C)c2cc(C)oc2C)c1. The maximum Gasteiger partial charge on any atom is 0.121 e. The van der Waals surface area contributed by atoms with E-state index in [9.17, 15) is 0 Å². The average molecular weight is 260 g/mol. The molecule has 2 aromatic rings. The predicted octanol–water partition coefficient (Wildman–Crippen LogP) is 3.66. The van der Waals surface area contributed by atoms with Gasteiger partial charge in [-0.15, -0.1) is 0 Å². The van der Waals surface area contributed by atoms with Gasteiger partial charge in [0.25, 0.3) is 0 Å². The fourth-order valence-corrected chi connectivity index (χ4v) is 2.18. The fraction of sp³-hybridized carbons (Fsp3) is 0.333. The highest BCUT2D eigenvalue weighted by atomic mass is 16.5. The molecule has 0 aliphatic carbocycles. The Bertz CT molecular complexity index is 576. The van der Waals surface area contributed by atoms with Crippen molar-refractivity contribution in [3.63, 3.8) is 0 Å². The van der Waals surface area contributed by atoms with E-state index in [0.717, 1.165) is 28.5 Å². The number of furan rings is 1. The number of anilines is 2.